The number of nitrogens with two attached hydrogens (primary N) is 1. The summed E-state index contributed by atoms with van der Waals surface area (Å²) >= 11 is 0. The minimum Gasteiger partial charge on any atom is -0.385 e. The number of hydrogen-bond acceptors (Lipinski definition) is 3. The molecule has 0 aromatic rings. The van der Waals surface area contributed by atoms with Crippen molar-refractivity contribution in [3.8, 4) is 0 Å². The van der Waals surface area contributed by atoms with Crippen LogP contribution >= 0.6 is 0 Å². The number of dihydropyridines is 1. The van der Waals surface area contributed by atoms with Gasteiger partial charge in [-0.1, -0.05) is 0 Å². The van der Waals surface area contributed by atoms with Crippen LogP contribution in [-0.2, 0) is 4.79 Å². The highest BCUT2D eigenvalue weighted by atomic mass is 16.1. The summed E-state index contributed by atoms with van der Waals surface area (Å²) < 4.78 is 0. The molecule has 0 aromatic heterocycles. The Kier molecular flexibility index (Phi) is 1.62. The standard InChI is InChI=1S/C6H7N3O/c7-6(8)5-4(10)2-1-3-9-5/h1-3,5H,(H3,7,8). The highest BCUT2D eigenvalue weighted by Crippen LogP contribution is 1.97. The number of amidine groups is 1. The first kappa shape index (κ1) is 6.67. The van der Waals surface area contributed by atoms with E-state index in [1.807, 2.05) is 0 Å². The fourth-order valence-corrected chi connectivity index (χ4v) is 0.672. The number of rotatable bonds is 1. The second-order valence-corrected chi connectivity index (χ2v) is 1.92. The van der Waals surface area contributed by atoms with Gasteiger partial charge in [0, 0.05) is 6.21 Å². The maximum Gasteiger partial charge on any atom is 0.187 e. The maximum absolute atomic E-state index is 10.8. The zero-order valence-electron chi connectivity index (χ0n) is 5.24. The Labute approximate surface area is 58.0 Å². The van der Waals surface area contributed by atoms with Gasteiger partial charge in [-0.05, 0) is 12.2 Å². The van der Waals surface area contributed by atoms with E-state index in [0.29, 0.717) is 0 Å². The fraction of sp³-hybridized carbons (Fsp3) is 0.167. The van der Waals surface area contributed by atoms with E-state index in [0.717, 1.165) is 0 Å². The van der Waals surface area contributed by atoms with Crippen LogP contribution in [0, 0.1) is 5.41 Å². The van der Waals surface area contributed by atoms with Gasteiger partial charge in [0.1, 0.15) is 5.84 Å². The van der Waals surface area contributed by atoms with Gasteiger partial charge in [0.05, 0.1) is 0 Å². The summed E-state index contributed by atoms with van der Waals surface area (Å²) in [5.74, 6) is -0.430. The summed E-state index contributed by atoms with van der Waals surface area (Å²) in [6.45, 7) is 0. The third-order valence-corrected chi connectivity index (χ3v) is 1.15. The van der Waals surface area contributed by atoms with E-state index in [1.54, 1.807) is 0 Å². The zero-order chi connectivity index (χ0) is 7.56. The van der Waals surface area contributed by atoms with Crippen molar-refractivity contribution in [3.63, 3.8) is 0 Å². The van der Waals surface area contributed by atoms with Crippen molar-refractivity contribution in [2.75, 3.05) is 0 Å². The minimum atomic E-state index is -0.773. The molecular weight excluding hydrogens is 130 g/mol. The van der Waals surface area contributed by atoms with E-state index in [9.17, 15) is 4.79 Å². The summed E-state index contributed by atoms with van der Waals surface area (Å²) in [5.41, 5.74) is 5.07. The summed E-state index contributed by atoms with van der Waals surface area (Å²) in [7, 11) is 0. The SMILES string of the molecule is N=C(N)C1N=CC=CC1=O. The van der Waals surface area contributed by atoms with Gasteiger partial charge in [0.15, 0.2) is 11.8 Å². The van der Waals surface area contributed by atoms with Crippen LogP contribution in [0.25, 0.3) is 0 Å². The van der Waals surface area contributed by atoms with Gasteiger partial charge in [0.2, 0.25) is 0 Å². The lowest BCUT2D eigenvalue weighted by Gasteiger charge is -2.07. The smallest absolute Gasteiger partial charge is 0.187 e. The quantitative estimate of drug-likeness (QED) is 0.377. The van der Waals surface area contributed by atoms with Crippen LogP contribution in [0.4, 0.5) is 0 Å². The fourth-order valence-electron chi connectivity index (χ4n) is 0.672. The molecule has 0 aliphatic carbocycles. The molecule has 1 unspecified atom stereocenters. The van der Waals surface area contributed by atoms with Crippen molar-refractivity contribution in [3.05, 3.63) is 12.2 Å². The molecule has 0 spiro atoms. The molecule has 0 aromatic carbocycles. The number of nitrogens with zero attached hydrogens (tertiary/aromatic N) is 1. The Morgan fingerprint density at radius 2 is 2.50 bits per heavy atom. The Bertz CT molecular complexity index is 229. The molecule has 1 heterocycles. The van der Waals surface area contributed by atoms with Crippen LogP contribution in [0.5, 0.6) is 0 Å². The molecule has 52 valence electrons. The van der Waals surface area contributed by atoms with Crippen molar-refractivity contribution in [1.29, 1.82) is 5.41 Å². The average Bonchev–Trinajstić information content (AvgIpc) is 1.88. The molecule has 10 heavy (non-hydrogen) atoms. The van der Waals surface area contributed by atoms with Crippen molar-refractivity contribution < 1.29 is 4.79 Å². The predicted octanol–water partition coefficient (Wildman–Crippen LogP) is -0.499. The first-order valence-corrected chi connectivity index (χ1v) is 2.79. The Hall–Kier alpha value is -1.45. The van der Waals surface area contributed by atoms with E-state index in [4.69, 9.17) is 11.1 Å². The van der Waals surface area contributed by atoms with Gasteiger partial charge in [-0.3, -0.25) is 15.2 Å². The van der Waals surface area contributed by atoms with Crippen LogP contribution in [-0.4, -0.2) is 23.9 Å². The lowest BCUT2D eigenvalue weighted by molar-refractivity contribution is -0.114. The second kappa shape index (κ2) is 2.43. The van der Waals surface area contributed by atoms with Crippen molar-refractivity contribution in [2.45, 2.75) is 6.04 Å². The topological polar surface area (TPSA) is 79.3 Å². The van der Waals surface area contributed by atoms with E-state index in [1.165, 1.54) is 18.4 Å². The van der Waals surface area contributed by atoms with Crippen molar-refractivity contribution >= 4 is 17.8 Å². The van der Waals surface area contributed by atoms with E-state index < -0.39 is 6.04 Å². The molecule has 0 saturated heterocycles. The molecule has 1 aliphatic heterocycles. The molecule has 0 saturated carbocycles. The minimum absolute atomic E-state index is 0.203. The van der Waals surface area contributed by atoms with E-state index in [2.05, 4.69) is 4.99 Å². The third-order valence-electron chi connectivity index (χ3n) is 1.15. The summed E-state index contributed by atoms with van der Waals surface area (Å²) in [6.07, 6.45) is 4.36. The van der Waals surface area contributed by atoms with Crippen molar-refractivity contribution in [2.24, 2.45) is 10.7 Å². The van der Waals surface area contributed by atoms with E-state index in [-0.39, 0.29) is 11.6 Å². The highest BCUT2D eigenvalue weighted by molar-refractivity contribution is 6.14. The first-order chi connectivity index (χ1) is 4.72. The molecule has 1 aliphatic rings. The highest BCUT2D eigenvalue weighted by Gasteiger charge is 2.18. The normalized spacial score (nSPS) is 23.2. The summed E-state index contributed by atoms with van der Waals surface area (Å²) in [4.78, 5) is 14.5. The molecule has 1 rings (SSSR count). The second-order valence-electron chi connectivity index (χ2n) is 1.92. The summed E-state index contributed by atoms with van der Waals surface area (Å²) in [6, 6.07) is -0.773. The Morgan fingerprint density at radius 3 is 2.90 bits per heavy atom. The monoisotopic (exact) mass is 137 g/mol. The molecular formula is C6H7N3O. The van der Waals surface area contributed by atoms with Gasteiger partial charge in [-0.25, -0.2) is 0 Å². The lowest BCUT2D eigenvalue weighted by Crippen LogP contribution is -2.33. The van der Waals surface area contributed by atoms with Gasteiger partial charge >= 0.3 is 0 Å². The van der Waals surface area contributed by atoms with Crippen LogP contribution in [0.3, 0.4) is 0 Å². The number of allylic oxidation sites excluding steroid dienone is 1. The zero-order valence-corrected chi connectivity index (χ0v) is 5.24. The Balaban J connectivity index is 2.80. The largest absolute Gasteiger partial charge is 0.385 e. The molecule has 0 fully saturated rings. The molecule has 0 amide bonds. The maximum atomic E-state index is 10.8. The van der Waals surface area contributed by atoms with Gasteiger partial charge in [-0.15, -0.1) is 0 Å². The van der Waals surface area contributed by atoms with Gasteiger partial charge in [0.25, 0.3) is 0 Å². The van der Waals surface area contributed by atoms with Crippen LogP contribution in [0.1, 0.15) is 0 Å². The van der Waals surface area contributed by atoms with Crippen LogP contribution in [0.2, 0.25) is 0 Å². The molecule has 4 nitrogen and oxygen atoms in total. The van der Waals surface area contributed by atoms with Crippen LogP contribution in [0.15, 0.2) is 17.1 Å². The average molecular weight is 137 g/mol. The number of carbonyl (C=O) groups excluding carboxylic acids is 1. The number of nitrogens with one attached hydrogen (secondary N) is 1. The van der Waals surface area contributed by atoms with Gasteiger partial charge in [-0.2, -0.15) is 0 Å². The number of aliphatic imine (C=N–C) groups is 1. The lowest BCUT2D eigenvalue weighted by atomic mass is 10.1. The van der Waals surface area contributed by atoms with Crippen LogP contribution < -0.4 is 5.73 Å². The molecule has 4 heteroatoms. The first-order valence-electron chi connectivity index (χ1n) is 2.79. The number of hydrogen-bond donors (Lipinski definition) is 2. The third kappa shape index (κ3) is 1.10. The van der Waals surface area contributed by atoms with Gasteiger partial charge < -0.3 is 5.73 Å². The molecule has 0 bridgehead atoms. The summed E-state index contributed by atoms with van der Waals surface area (Å²) in [5, 5.41) is 6.93. The van der Waals surface area contributed by atoms with Crippen molar-refractivity contribution in [1.82, 2.24) is 0 Å². The predicted molar refractivity (Wildman–Crippen MR) is 38.3 cm³/mol. The number of ketones is 1. The molecule has 3 N–H and O–H groups in total. The Morgan fingerprint density at radius 1 is 1.80 bits per heavy atom. The molecule has 1 atom stereocenters. The van der Waals surface area contributed by atoms with E-state index >= 15 is 0 Å². The number of carbonyl (C=O) groups is 1. The molecule has 0 radical (unpaired) electrons.